The minimum Gasteiger partial charge on any atom is -0.444 e. The van der Waals surface area contributed by atoms with Gasteiger partial charge in [-0.25, -0.2) is 4.79 Å². The van der Waals surface area contributed by atoms with Gasteiger partial charge in [-0.15, -0.1) is 0 Å². The Morgan fingerprint density at radius 3 is 2.71 bits per heavy atom. The van der Waals surface area contributed by atoms with Gasteiger partial charge >= 0.3 is 6.09 Å². The molecule has 1 amide bonds. The molecule has 1 fully saturated rings. The first-order valence-corrected chi connectivity index (χ1v) is 7.23. The molecule has 0 aromatic heterocycles. The van der Waals surface area contributed by atoms with Crippen molar-refractivity contribution in [3.05, 3.63) is 12.2 Å². The van der Waals surface area contributed by atoms with E-state index in [1.807, 2.05) is 12.2 Å². The van der Waals surface area contributed by atoms with Crippen LogP contribution in [-0.4, -0.2) is 59.4 Å². The van der Waals surface area contributed by atoms with Crippen LogP contribution in [0.4, 0.5) is 4.79 Å². The van der Waals surface area contributed by atoms with E-state index < -0.39 is 30.1 Å². The van der Waals surface area contributed by atoms with E-state index in [-0.39, 0.29) is 12.0 Å². The normalized spacial score (nSPS) is 29.0. The third-order valence-electron chi connectivity index (χ3n) is 3.65. The average Bonchev–Trinajstić information content (AvgIpc) is 2.59. The zero-order chi connectivity index (χ0) is 15.6. The highest BCUT2D eigenvalue weighted by Crippen LogP contribution is 2.32. The summed E-state index contributed by atoms with van der Waals surface area (Å²) >= 11 is 0. The SMILES string of the molecule is CC(C)(C)OC(=O)N1C[C@@H]2CC=CCO[C@H]2[C@H]1C(=O)CO. The van der Waals surface area contributed by atoms with Crippen LogP contribution in [-0.2, 0) is 14.3 Å². The number of hydrogen-bond donors (Lipinski definition) is 1. The van der Waals surface area contributed by atoms with Crippen molar-refractivity contribution in [3.63, 3.8) is 0 Å². The number of likely N-dealkylation sites (tertiary alicyclic amines) is 1. The van der Waals surface area contributed by atoms with E-state index in [9.17, 15) is 14.7 Å². The van der Waals surface area contributed by atoms with Crippen LogP contribution in [0.25, 0.3) is 0 Å². The number of aliphatic hydroxyl groups excluding tert-OH is 1. The number of amides is 1. The van der Waals surface area contributed by atoms with Gasteiger partial charge in [0.25, 0.3) is 0 Å². The van der Waals surface area contributed by atoms with Gasteiger partial charge in [0.2, 0.25) is 0 Å². The molecule has 2 heterocycles. The van der Waals surface area contributed by atoms with Crippen molar-refractivity contribution in [1.82, 2.24) is 4.90 Å². The zero-order valence-electron chi connectivity index (χ0n) is 12.7. The minimum atomic E-state index is -0.769. The number of allylic oxidation sites excluding steroid dienone is 1. The molecule has 21 heavy (non-hydrogen) atoms. The van der Waals surface area contributed by atoms with E-state index in [4.69, 9.17) is 9.47 Å². The van der Waals surface area contributed by atoms with Crippen molar-refractivity contribution in [3.8, 4) is 0 Å². The van der Waals surface area contributed by atoms with Crippen LogP contribution in [0.3, 0.4) is 0 Å². The number of aliphatic hydroxyl groups is 1. The zero-order valence-corrected chi connectivity index (χ0v) is 12.7. The summed E-state index contributed by atoms with van der Waals surface area (Å²) < 4.78 is 11.1. The third kappa shape index (κ3) is 3.63. The summed E-state index contributed by atoms with van der Waals surface area (Å²) in [7, 11) is 0. The largest absolute Gasteiger partial charge is 0.444 e. The van der Waals surface area contributed by atoms with Crippen LogP contribution in [0.5, 0.6) is 0 Å². The molecule has 2 aliphatic rings. The summed E-state index contributed by atoms with van der Waals surface area (Å²) in [5.74, 6) is -0.355. The molecule has 2 aliphatic heterocycles. The number of rotatable bonds is 2. The predicted molar refractivity (Wildman–Crippen MR) is 75.8 cm³/mol. The first-order valence-electron chi connectivity index (χ1n) is 7.23. The average molecular weight is 297 g/mol. The smallest absolute Gasteiger partial charge is 0.411 e. The first-order chi connectivity index (χ1) is 9.83. The molecule has 0 saturated carbocycles. The Balaban J connectivity index is 2.20. The first kappa shape index (κ1) is 16.0. The minimum absolute atomic E-state index is 0.0526. The Hall–Kier alpha value is -1.40. The van der Waals surface area contributed by atoms with Crippen molar-refractivity contribution in [2.24, 2.45) is 5.92 Å². The lowest BCUT2D eigenvalue weighted by atomic mass is 9.96. The highest BCUT2D eigenvalue weighted by Gasteiger charge is 2.49. The maximum absolute atomic E-state index is 12.3. The summed E-state index contributed by atoms with van der Waals surface area (Å²) in [5, 5.41) is 9.19. The highest BCUT2D eigenvalue weighted by atomic mass is 16.6. The Kier molecular flexibility index (Phi) is 4.68. The monoisotopic (exact) mass is 297 g/mol. The van der Waals surface area contributed by atoms with E-state index in [0.29, 0.717) is 13.2 Å². The number of ether oxygens (including phenoxy) is 2. The molecule has 0 radical (unpaired) electrons. The number of ketones is 1. The Morgan fingerprint density at radius 1 is 1.38 bits per heavy atom. The molecule has 6 heteroatoms. The Bertz CT molecular complexity index is 440. The van der Waals surface area contributed by atoms with Gasteiger partial charge in [-0.05, 0) is 27.2 Å². The molecular weight excluding hydrogens is 274 g/mol. The van der Waals surface area contributed by atoms with E-state index in [0.717, 1.165) is 6.42 Å². The topological polar surface area (TPSA) is 76.1 Å². The van der Waals surface area contributed by atoms with E-state index in [1.165, 1.54) is 4.90 Å². The van der Waals surface area contributed by atoms with Gasteiger partial charge < -0.3 is 14.6 Å². The second kappa shape index (κ2) is 6.15. The maximum Gasteiger partial charge on any atom is 0.411 e. The molecular formula is C15H23NO5. The molecule has 1 saturated heterocycles. The molecule has 0 aromatic rings. The summed E-state index contributed by atoms with van der Waals surface area (Å²) in [4.78, 5) is 25.8. The van der Waals surface area contributed by atoms with Crippen molar-refractivity contribution in [1.29, 1.82) is 0 Å². The van der Waals surface area contributed by atoms with Gasteiger partial charge in [0.15, 0.2) is 5.78 Å². The fraction of sp³-hybridized carbons (Fsp3) is 0.733. The molecule has 6 nitrogen and oxygen atoms in total. The van der Waals surface area contributed by atoms with E-state index in [2.05, 4.69) is 0 Å². The second-order valence-electron chi connectivity index (χ2n) is 6.47. The van der Waals surface area contributed by atoms with Gasteiger partial charge in [0, 0.05) is 12.5 Å². The number of nitrogens with zero attached hydrogens (tertiary/aromatic N) is 1. The standard InChI is InChI=1S/C15H23NO5/c1-15(2,3)21-14(19)16-8-10-6-4-5-7-20-13(10)12(16)11(18)9-17/h4-5,10,12-13,17H,6-9H2,1-3H3/t10-,12+,13+/m0/s1. The Labute approximate surface area is 124 Å². The van der Waals surface area contributed by atoms with Crippen molar-refractivity contribution >= 4 is 11.9 Å². The fourth-order valence-corrected chi connectivity index (χ4v) is 2.81. The highest BCUT2D eigenvalue weighted by molar-refractivity contribution is 5.89. The molecule has 0 aromatic carbocycles. The van der Waals surface area contributed by atoms with Crippen LogP contribution in [0, 0.1) is 5.92 Å². The maximum atomic E-state index is 12.3. The molecule has 0 unspecified atom stereocenters. The summed E-state index contributed by atoms with van der Waals surface area (Å²) in [5.41, 5.74) is -0.630. The number of Topliss-reactive ketones (excluding diaryl/α,β-unsaturated/α-hetero) is 1. The number of carbonyl (C=O) groups is 2. The fourth-order valence-electron chi connectivity index (χ4n) is 2.81. The van der Waals surface area contributed by atoms with Gasteiger partial charge in [-0.3, -0.25) is 9.69 Å². The van der Waals surface area contributed by atoms with Crippen LogP contribution in [0.15, 0.2) is 12.2 Å². The Morgan fingerprint density at radius 2 is 2.10 bits per heavy atom. The van der Waals surface area contributed by atoms with Gasteiger partial charge in [0.05, 0.1) is 12.7 Å². The van der Waals surface area contributed by atoms with Crippen molar-refractivity contribution in [2.75, 3.05) is 19.8 Å². The van der Waals surface area contributed by atoms with E-state index in [1.54, 1.807) is 20.8 Å². The predicted octanol–water partition coefficient (Wildman–Crippen LogP) is 1.13. The number of hydrogen-bond acceptors (Lipinski definition) is 5. The molecule has 3 atom stereocenters. The quantitative estimate of drug-likeness (QED) is 0.773. The molecule has 0 aliphatic carbocycles. The second-order valence-corrected chi connectivity index (χ2v) is 6.47. The van der Waals surface area contributed by atoms with Gasteiger partial charge in [0.1, 0.15) is 18.2 Å². The van der Waals surface area contributed by atoms with Crippen molar-refractivity contribution in [2.45, 2.75) is 44.9 Å². The lowest BCUT2D eigenvalue weighted by Crippen LogP contribution is -2.48. The third-order valence-corrected chi connectivity index (χ3v) is 3.65. The lowest BCUT2D eigenvalue weighted by molar-refractivity contribution is -0.130. The van der Waals surface area contributed by atoms with Crippen LogP contribution in [0.2, 0.25) is 0 Å². The molecule has 0 bridgehead atoms. The summed E-state index contributed by atoms with van der Waals surface area (Å²) in [6.07, 6.45) is 3.75. The van der Waals surface area contributed by atoms with Crippen LogP contribution >= 0.6 is 0 Å². The van der Waals surface area contributed by atoms with Crippen LogP contribution in [0.1, 0.15) is 27.2 Å². The molecule has 118 valence electrons. The summed E-state index contributed by atoms with van der Waals surface area (Å²) in [6.45, 7) is 5.55. The van der Waals surface area contributed by atoms with E-state index >= 15 is 0 Å². The van der Waals surface area contributed by atoms with Gasteiger partial charge in [-0.1, -0.05) is 12.2 Å². The number of carbonyl (C=O) groups excluding carboxylic acids is 2. The van der Waals surface area contributed by atoms with Crippen molar-refractivity contribution < 1.29 is 24.2 Å². The molecule has 0 spiro atoms. The molecule has 1 N–H and O–H groups in total. The van der Waals surface area contributed by atoms with Crippen LogP contribution < -0.4 is 0 Å². The lowest BCUT2D eigenvalue weighted by Gasteiger charge is -2.29. The summed E-state index contributed by atoms with van der Waals surface area (Å²) in [6, 6.07) is -0.769. The number of fused-ring (bicyclic) bond motifs is 1. The molecule has 2 rings (SSSR count). The van der Waals surface area contributed by atoms with Gasteiger partial charge in [-0.2, -0.15) is 0 Å².